The molecule has 0 unspecified atom stereocenters. The lowest BCUT2D eigenvalue weighted by Crippen LogP contribution is -2.12. The highest BCUT2D eigenvalue weighted by Crippen LogP contribution is 2.27. The second-order valence-electron chi connectivity index (χ2n) is 5.54. The summed E-state index contributed by atoms with van der Waals surface area (Å²) in [5.41, 5.74) is 2.23. The van der Waals surface area contributed by atoms with E-state index in [-0.39, 0.29) is 5.43 Å². The molecule has 0 bridgehead atoms. The topological polar surface area (TPSA) is 57.8 Å². The van der Waals surface area contributed by atoms with E-state index in [2.05, 4.69) is 15.3 Å². The van der Waals surface area contributed by atoms with Crippen molar-refractivity contribution in [1.29, 1.82) is 0 Å². The molecule has 0 radical (unpaired) electrons. The average Bonchev–Trinajstić information content (AvgIpc) is 3.33. The zero-order valence-corrected chi connectivity index (χ0v) is 12.5. The van der Waals surface area contributed by atoms with Crippen LogP contribution in [0, 0.1) is 0 Å². The molecule has 110 valence electrons. The standard InChI is InChI=1S/C17H14ClN3O/c18-11-3-1-10(2-4-11)13-9-20-14-7-8-19-17(15(14)16(13)22)21-12-5-6-12/h1-4,7-9,12H,5-6H2,(H,19,21)(H,20,22). The van der Waals surface area contributed by atoms with Gasteiger partial charge in [0.25, 0.3) is 0 Å². The third-order valence-corrected chi connectivity index (χ3v) is 4.12. The van der Waals surface area contributed by atoms with Gasteiger partial charge in [0.2, 0.25) is 5.43 Å². The summed E-state index contributed by atoms with van der Waals surface area (Å²) < 4.78 is 0. The van der Waals surface area contributed by atoms with E-state index in [1.54, 1.807) is 24.5 Å². The fourth-order valence-corrected chi connectivity index (χ4v) is 2.66. The number of hydrogen-bond acceptors (Lipinski definition) is 3. The van der Waals surface area contributed by atoms with Gasteiger partial charge in [-0.05, 0) is 36.6 Å². The van der Waals surface area contributed by atoms with E-state index >= 15 is 0 Å². The Balaban J connectivity index is 1.91. The van der Waals surface area contributed by atoms with Crippen LogP contribution < -0.4 is 10.7 Å². The molecule has 1 aromatic carbocycles. The summed E-state index contributed by atoms with van der Waals surface area (Å²) in [7, 11) is 0. The highest BCUT2D eigenvalue weighted by atomic mass is 35.5. The number of fused-ring (bicyclic) bond motifs is 1. The van der Waals surface area contributed by atoms with Crippen molar-refractivity contribution < 1.29 is 0 Å². The lowest BCUT2D eigenvalue weighted by Gasteiger charge is -2.09. The minimum atomic E-state index is -0.0210. The van der Waals surface area contributed by atoms with Crippen molar-refractivity contribution in [2.24, 2.45) is 0 Å². The molecule has 22 heavy (non-hydrogen) atoms. The van der Waals surface area contributed by atoms with Crippen LogP contribution in [0.15, 0.2) is 47.5 Å². The summed E-state index contributed by atoms with van der Waals surface area (Å²) in [6.07, 6.45) is 5.72. The molecule has 0 spiro atoms. The minimum absolute atomic E-state index is 0.0210. The molecule has 1 aliphatic rings. The molecule has 0 amide bonds. The first kappa shape index (κ1) is 13.3. The largest absolute Gasteiger partial charge is 0.367 e. The number of halogens is 1. The molecule has 0 saturated heterocycles. The van der Waals surface area contributed by atoms with E-state index in [4.69, 9.17) is 11.6 Å². The van der Waals surface area contributed by atoms with E-state index in [9.17, 15) is 4.79 Å². The Labute approximate surface area is 132 Å². The summed E-state index contributed by atoms with van der Waals surface area (Å²) in [6.45, 7) is 0. The fraction of sp³-hybridized carbons (Fsp3) is 0.176. The SMILES string of the molecule is O=c1c(-c2ccc(Cl)cc2)c[nH]c2ccnc(NC3CC3)c12. The number of rotatable bonds is 3. The van der Waals surface area contributed by atoms with E-state index < -0.39 is 0 Å². The molecule has 2 aromatic heterocycles. The van der Waals surface area contributed by atoms with E-state index in [0.717, 1.165) is 23.9 Å². The molecule has 0 atom stereocenters. The number of nitrogens with one attached hydrogen (secondary N) is 2. The van der Waals surface area contributed by atoms with Gasteiger partial charge in [-0.2, -0.15) is 0 Å². The molecule has 1 fully saturated rings. The first-order valence-corrected chi connectivity index (χ1v) is 7.63. The van der Waals surface area contributed by atoms with Gasteiger partial charge in [-0.25, -0.2) is 4.98 Å². The van der Waals surface area contributed by atoms with Crippen LogP contribution in [0.3, 0.4) is 0 Å². The number of pyridine rings is 2. The molecule has 4 rings (SSSR count). The van der Waals surface area contributed by atoms with Gasteiger partial charge in [0.1, 0.15) is 5.82 Å². The molecule has 1 saturated carbocycles. The summed E-state index contributed by atoms with van der Waals surface area (Å²) in [6, 6.07) is 9.53. The smallest absolute Gasteiger partial charge is 0.200 e. The quantitative estimate of drug-likeness (QED) is 0.773. The highest BCUT2D eigenvalue weighted by molar-refractivity contribution is 6.30. The van der Waals surface area contributed by atoms with Crippen LogP contribution in [0.1, 0.15) is 12.8 Å². The summed E-state index contributed by atoms with van der Waals surface area (Å²) in [4.78, 5) is 20.4. The first-order valence-electron chi connectivity index (χ1n) is 7.25. The third kappa shape index (κ3) is 2.35. The molecule has 1 aliphatic carbocycles. The maximum absolute atomic E-state index is 12.9. The third-order valence-electron chi connectivity index (χ3n) is 3.87. The van der Waals surface area contributed by atoms with Crippen LogP contribution in [-0.4, -0.2) is 16.0 Å². The second-order valence-corrected chi connectivity index (χ2v) is 5.98. The van der Waals surface area contributed by atoms with Gasteiger partial charge < -0.3 is 10.3 Å². The van der Waals surface area contributed by atoms with Crippen LogP contribution in [0.4, 0.5) is 5.82 Å². The van der Waals surface area contributed by atoms with Crippen molar-refractivity contribution in [3.63, 3.8) is 0 Å². The Morgan fingerprint density at radius 1 is 1.18 bits per heavy atom. The van der Waals surface area contributed by atoms with Crippen molar-refractivity contribution >= 4 is 28.3 Å². The lowest BCUT2D eigenvalue weighted by molar-refractivity contribution is 1.12. The van der Waals surface area contributed by atoms with Gasteiger partial charge in [-0.1, -0.05) is 23.7 Å². The van der Waals surface area contributed by atoms with Crippen molar-refractivity contribution in [2.75, 3.05) is 5.32 Å². The predicted octanol–water partition coefficient (Wildman–Crippen LogP) is 3.82. The van der Waals surface area contributed by atoms with E-state index in [0.29, 0.717) is 27.8 Å². The Morgan fingerprint density at radius 2 is 1.95 bits per heavy atom. The number of hydrogen-bond donors (Lipinski definition) is 2. The van der Waals surface area contributed by atoms with Crippen molar-refractivity contribution in [2.45, 2.75) is 18.9 Å². The molecular formula is C17H14ClN3O. The highest BCUT2D eigenvalue weighted by Gasteiger charge is 2.23. The minimum Gasteiger partial charge on any atom is -0.367 e. The van der Waals surface area contributed by atoms with E-state index in [1.807, 2.05) is 18.2 Å². The fourth-order valence-electron chi connectivity index (χ4n) is 2.54. The molecule has 2 heterocycles. The Bertz CT molecular complexity index is 898. The molecule has 5 heteroatoms. The van der Waals surface area contributed by atoms with Crippen LogP contribution >= 0.6 is 11.6 Å². The Morgan fingerprint density at radius 3 is 2.68 bits per heavy atom. The van der Waals surface area contributed by atoms with Gasteiger partial charge >= 0.3 is 0 Å². The zero-order chi connectivity index (χ0) is 15.1. The number of H-pyrrole nitrogens is 1. The molecule has 4 nitrogen and oxygen atoms in total. The normalized spacial score (nSPS) is 14.2. The van der Waals surface area contributed by atoms with Gasteiger partial charge in [0.05, 0.1) is 10.9 Å². The predicted molar refractivity (Wildman–Crippen MR) is 89.5 cm³/mol. The van der Waals surface area contributed by atoms with Crippen LogP contribution in [0.2, 0.25) is 5.02 Å². The van der Waals surface area contributed by atoms with Crippen LogP contribution in [-0.2, 0) is 0 Å². The van der Waals surface area contributed by atoms with E-state index in [1.165, 1.54) is 0 Å². The Hall–Kier alpha value is -2.33. The molecule has 0 aliphatic heterocycles. The summed E-state index contributed by atoms with van der Waals surface area (Å²) in [5.74, 6) is 0.664. The van der Waals surface area contributed by atoms with Gasteiger partial charge in [0, 0.05) is 29.0 Å². The van der Waals surface area contributed by atoms with Crippen molar-refractivity contribution in [3.8, 4) is 11.1 Å². The van der Waals surface area contributed by atoms with Crippen LogP contribution in [0.5, 0.6) is 0 Å². The molecule has 2 N–H and O–H groups in total. The number of benzene rings is 1. The summed E-state index contributed by atoms with van der Waals surface area (Å²) in [5, 5.41) is 4.60. The molecule has 3 aromatic rings. The van der Waals surface area contributed by atoms with Gasteiger partial charge in [-0.3, -0.25) is 4.79 Å². The van der Waals surface area contributed by atoms with Gasteiger partial charge in [-0.15, -0.1) is 0 Å². The number of aromatic nitrogens is 2. The number of aromatic amines is 1. The lowest BCUT2D eigenvalue weighted by atomic mass is 10.1. The second kappa shape index (κ2) is 5.14. The maximum Gasteiger partial charge on any atom is 0.200 e. The Kier molecular flexibility index (Phi) is 3.12. The number of anilines is 1. The summed E-state index contributed by atoms with van der Waals surface area (Å²) >= 11 is 5.92. The number of nitrogens with zero attached hydrogens (tertiary/aromatic N) is 1. The first-order chi connectivity index (χ1) is 10.7. The van der Waals surface area contributed by atoms with Crippen molar-refractivity contribution in [3.05, 3.63) is 58.0 Å². The zero-order valence-electron chi connectivity index (χ0n) is 11.8. The monoisotopic (exact) mass is 311 g/mol. The molecular weight excluding hydrogens is 298 g/mol. The van der Waals surface area contributed by atoms with Crippen molar-refractivity contribution in [1.82, 2.24) is 9.97 Å². The van der Waals surface area contributed by atoms with Gasteiger partial charge in [0.15, 0.2) is 0 Å². The maximum atomic E-state index is 12.9. The average molecular weight is 312 g/mol. The van der Waals surface area contributed by atoms with Crippen LogP contribution in [0.25, 0.3) is 22.0 Å².